The van der Waals surface area contributed by atoms with Crippen molar-refractivity contribution >= 4 is 34.4 Å². The Bertz CT molecular complexity index is 733. The molecular weight excluding hydrogens is 336 g/mol. The van der Waals surface area contributed by atoms with E-state index in [1.165, 1.54) is 11.3 Å². The van der Waals surface area contributed by atoms with Crippen molar-refractivity contribution in [3.63, 3.8) is 0 Å². The van der Waals surface area contributed by atoms with Gasteiger partial charge in [0.15, 0.2) is 5.78 Å². The van der Waals surface area contributed by atoms with E-state index >= 15 is 0 Å². The Labute approximate surface area is 151 Å². The number of Topliss-reactive ketones (excluding diaryl/α,β-unsaturated/α-hetero) is 1. The van der Waals surface area contributed by atoms with E-state index in [9.17, 15) is 9.59 Å². The SMILES string of the molecule is Cc1ccc(C(=O)CCC(=O)Nc2ccc(N3CCOCC3)cc2)s1. The summed E-state index contributed by atoms with van der Waals surface area (Å²) in [4.78, 5) is 28.2. The highest BCUT2D eigenvalue weighted by atomic mass is 32.1. The van der Waals surface area contributed by atoms with Gasteiger partial charge in [0.2, 0.25) is 5.91 Å². The van der Waals surface area contributed by atoms with E-state index in [-0.39, 0.29) is 24.5 Å². The van der Waals surface area contributed by atoms with Gasteiger partial charge < -0.3 is 15.0 Å². The van der Waals surface area contributed by atoms with Crippen LogP contribution in [0.1, 0.15) is 27.4 Å². The number of aryl methyl sites for hydroxylation is 1. The van der Waals surface area contributed by atoms with Gasteiger partial charge in [-0.05, 0) is 43.3 Å². The number of hydrogen-bond donors (Lipinski definition) is 1. The van der Waals surface area contributed by atoms with Gasteiger partial charge in [-0.2, -0.15) is 0 Å². The molecule has 1 amide bonds. The van der Waals surface area contributed by atoms with Crippen molar-refractivity contribution in [3.8, 4) is 0 Å². The number of nitrogens with one attached hydrogen (secondary N) is 1. The Morgan fingerprint density at radius 3 is 2.44 bits per heavy atom. The molecule has 2 heterocycles. The molecule has 1 N–H and O–H groups in total. The minimum Gasteiger partial charge on any atom is -0.378 e. The van der Waals surface area contributed by atoms with Crippen molar-refractivity contribution in [2.75, 3.05) is 36.5 Å². The van der Waals surface area contributed by atoms with Crippen molar-refractivity contribution in [2.24, 2.45) is 0 Å². The number of hydrogen-bond acceptors (Lipinski definition) is 5. The van der Waals surface area contributed by atoms with Gasteiger partial charge in [-0.1, -0.05) is 0 Å². The van der Waals surface area contributed by atoms with Gasteiger partial charge in [0.1, 0.15) is 0 Å². The summed E-state index contributed by atoms with van der Waals surface area (Å²) in [5, 5.41) is 2.85. The molecule has 0 spiro atoms. The number of amides is 1. The number of nitrogens with zero attached hydrogens (tertiary/aromatic N) is 1. The van der Waals surface area contributed by atoms with E-state index in [0.29, 0.717) is 0 Å². The number of rotatable bonds is 6. The lowest BCUT2D eigenvalue weighted by molar-refractivity contribution is -0.116. The number of carbonyl (C=O) groups is 2. The minimum atomic E-state index is -0.138. The third kappa shape index (κ3) is 4.90. The molecule has 25 heavy (non-hydrogen) atoms. The summed E-state index contributed by atoms with van der Waals surface area (Å²) in [5.41, 5.74) is 1.88. The van der Waals surface area contributed by atoms with Crippen LogP contribution < -0.4 is 10.2 Å². The molecule has 5 nitrogen and oxygen atoms in total. The summed E-state index contributed by atoms with van der Waals surface area (Å²) in [6, 6.07) is 11.5. The summed E-state index contributed by atoms with van der Waals surface area (Å²) >= 11 is 1.47. The molecule has 1 aliphatic rings. The summed E-state index contributed by atoms with van der Waals surface area (Å²) in [6.07, 6.45) is 0.429. The van der Waals surface area contributed by atoms with Crippen LogP contribution in [0.25, 0.3) is 0 Å². The van der Waals surface area contributed by atoms with E-state index in [4.69, 9.17) is 4.74 Å². The molecule has 3 rings (SSSR count). The predicted octanol–water partition coefficient (Wildman–Crippen LogP) is 3.49. The van der Waals surface area contributed by atoms with Crippen LogP contribution in [0.15, 0.2) is 36.4 Å². The van der Waals surface area contributed by atoms with Crippen molar-refractivity contribution < 1.29 is 14.3 Å². The summed E-state index contributed by atoms with van der Waals surface area (Å²) in [5.74, 6) is -0.114. The molecule has 0 aliphatic carbocycles. The first-order valence-corrected chi connectivity index (χ1v) is 9.26. The van der Waals surface area contributed by atoms with Gasteiger partial charge in [0.05, 0.1) is 18.1 Å². The average Bonchev–Trinajstić information content (AvgIpc) is 3.08. The molecule has 0 saturated carbocycles. The number of benzene rings is 1. The molecule has 1 aromatic heterocycles. The van der Waals surface area contributed by atoms with Crippen LogP contribution in [-0.2, 0) is 9.53 Å². The standard InChI is InChI=1S/C19H22N2O3S/c1-14-2-8-18(25-14)17(22)7-9-19(23)20-15-3-5-16(6-4-15)21-10-12-24-13-11-21/h2-6,8H,7,9-13H2,1H3,(H,20,23). The van der Waals surface area contributed by atoms with E-state index in [1.807, 2.05) is 43.3 Å². The van der Waals surface area contributed by atoms with Crippen LogP contribution in [0.2, 0.25) is 0 Å². The molecule has 0 atom stereocenters. The van der Waals surface area contributed by atoms with Crippen LogP contribution in [0.5, 0.6) is 0 Å². The summed E-state index contributed by atoms with van der Waals surface area (Å²) < 4.78 is 5.35. The van der Waals surface area contributed by atoms with Crippen molar-refractivity contribution in [2.45, 2.75) is 19.8 Å². The number of ether oxygens (including phenoxy) is 1. The zero-order valence-corrected chi connectivity index (χ0v) is 15.1. The second-order valence-corrected chi connectivity index (χ2v) is 7.32. The third-order valence-corrected chi connectivity index (χ3v) is 5.16. The lowest BCUT2D eigenvalue weighted by atomic mass is 10.2. The minimum absolute atomic E-state index is 0.0240. The van der Waals surface area contributed by atoms with Gasteiger partial charge in [0.25, 0.3) is 0 Å². The summed E-state index contributed by atoms with van der Waals surface area (Å²) in [6.45, 7) is 5.23. The maximum atomic E-state index is 12.1. The molecule has 132 valence electrons. The first-order valence-electron chi connectivity index (χ1n) is 8.44. The topological polar surface area (TPSA) is 58.6 Å². The van der Waals surface area contributed by atoms with E-state index in [2.05, 4.69) is 10.2 Å². The number of ketones is 1. The van der Waals surface area contributed by atoms with Crippen molar-refractivity contribution in [3.05, 3.63) is 46.2 Å². The van der Waals surface area contributed by atoms with E-state index in [0.717, 1.165) is 47.4 Å². The fourth-order valence-electron chi connectivity index (χ4n) is 2.74. The zero-order valence-electron chi connectivity index (χ0n) is 14.3. The average molecular weight is 358 g/mol. The molecule has 1 aromatic carbocycles. The van der Waals surface area contributed by atoms with Gasteiger partial charge in [0, 0.05) is 42.2 Å². The quantitative estimate of drug-likeness (QED) is 0.803. The smallest absolute Gasteiger partial charge is 0.224 e. The molecule has 0 radical (unpaired) electrons. The van der Waals surface area contributed by atoms with Gasteiger partial charge in [-0.25, -0.2) is 0 Å². The monoisotopic (exact) mass is 358 g/mol. The summed E-state index contributed by atoms with van der Waals surface area (Å²) in [7, 11) is 0. The number of carbonyl (C=O) groups excluding carboxylic acids is 2. The Kier molecular flexibility index (Phi) is 5.83. The van der Waals surface area contributed by atoms with Gasteiger partial charge >= 0.3 is 0 Å². The fourth-order valence-corrected chi connectivity index (χ4v) is 3.57. The van der Waals surface area contributed by atoms with Gasteiger partial charge in [-0.15, -0.1) is 11.3 Å². The number of anilines is 2. The first kappa shape index (κ1) is 17.6. The molecule has 0 unspecified atom stereocenters. The normalized spacial score (nSPS) is 14.4. The second kappa shape index (κ2) is 8.27. The van der Waals surface area contributed by atoms with E-state index < -0.39 is 0 Å². The zero-order chi connectivity index (χ0) is 17.6. The van der Waals surface area contributed by atoms with Crippen LogP contribution in [0.4, 0.5) is 11.4 Å². The van der Waals surface area contributed by atoms with Crippen molar-refractivity contribution in [1.29, 1.82) is 0 Å². The Morgan fingerprint density at radius 1 is 1.08 bits per heavy atom. The number of thiophene rings is 1. The fraction of sp³-hybridized carbons (Fsp3) is 0.368. The van der Waals surface area contributed by atoms with Gasteiger partial charge in [-0.3, -0.25) is 9.59 Å². The molecule has 1 saturated heterocycles. The highest BCUT2D eigenvalue weighted by Crippen LogP contribution is 2.20. The Morgan fingerprint density at radius 2 is 1.80 bits per heavy atom. The molecule has 0 bridgehead atoms. The van der Waals surface area contributed by atoms with Crippen LogP contribution in [0, 0.1) is 6.92 Å². The number of morpholine rings is 1. The molecule has 2 aromatic rings. The van der Waals surface area contributed by atoms with E-state index in [1.54, 1.807) is 0 Å². The lowest BCUT2D eigenvalue weighted by Gasteiger charge is -2.28. The Hall–Kier alpha value is -2.18. The second-order valence-electron chi connectivity index (χ2n) is 6.03. The molecule has 1 fully saturated rings. The maximum Gasteiger partial charge on any atom is 0.224 e. The van der Waals surface area contributed by atoms with Crippen LogP contribution in [-0.4, -0.2) is 38.0 Å². The molecular formula is C19H22N2O3S. The third-order valence-electron chi connectivity index (χ3n) is 4.12. The lowest BCUT2D eigenvalue weighted by Crippen LogP contribution is -2.36. The maximum absolute atomic E-state index is 12.1. The highest BCUT2D eigenvalue weighted by molar-refractivity contribution is 7.14. The van der Waals surface area contributed by atoms with Crippen LogP contribution >= 0.6 is 11.3 Å². The predicted molar refractivity (Wildman–Crippen MR) is 101 cm³/mol. The van der Waals surface area contributed by atoms with Crippen molar-refractivity contribution in [1.82, 2.24) is 0 Å². The highest BCUT2D eigenvalue weighted by Gasteiger charge is 2.13. The first-order chi connectivity index (χ1) is 12.1. The molecule has 1 aliphatic heterocycles. The largest absolute Gasteiger partial charge is 0.378 e. The van der Waals surface area contributed by atoms with Crippen LogP contribution in [0.3, 0.4) is 0 Å². The Balaban J connectivity index is 1.48. The molecule has 6 heteroatoms.